The van der Waals surface area contributed by atoms with Crippen molar-refractivity contribution in [2.24, 2.45) is 0 Å². The molecule has 3 heteroatoms. The molecule has 0 unspecified atom stereocenters. The highest BCUT2D eigenvalue weighted by molar-refractivity contribution is 5.14. The minimum absolute atomic E-state index is 0.305. The molecule has 106 valence electrons. The first-order chi connectivity index (χ1) is 9.20. The van der Waals surface area contributed by atoms with Gasteiger partial charge in [-0.15, -0.1) is 0 Å². The zero-order chi connectivity index (χ0) is 13.7. The molecule has 2 rings (SSSR count). The molecule has 1 aromatic rings. The van der Waals surface area contributed by atoms with Gasteiger partial charge in [0.25, 0.3) is 0 Å². The molecule has 0 saturated heterocycles. The fraction of sp³-hybridized carbons (Fsp3) is 0.688. The molecule has 0 amide bonds. The maximum Gasteiger partial charge on any atom is 0.0547 e. The Morgan fingerprint density at radius 2 is 2.11 bits per heavy atom. The summed E-state index contributed by atoms with van der Waals surface area (Å²) in [6.07, 6.45) is 4.63. The number of pyridine rings is 1. The summed E-state index contributed by atoms with van der Waals surface area (Å²) in [5.41, 5.74) is 2.37. The molecule has 19 heavy (non-hydrogen) atoms. The molecule has 0 aromatic carbocycles. The molecule has 1 aromatic heterocycles. The number of unbranched alkanes of at least 4 members (excludes halogenated alkanes) is 1. The number of aliphatic hydroxyl groups is 1. The molecule has 1 saturated carbocycles. The van der Waals surface area contributed by atoms with Crippen LogP contribution in [0.25, 0.3) is 0 Å². The second-order valence-electron chi connectivity index (χ2n) is 5.84. The van der Waals surface area contributed by atoms with Crippen molar-refractivity contribution < 1.29 is 5.11 Å². The third kappa shape index (κ3) is 4.59. The highest BCUT2D eigenvalue weighted by Crippen LogP contribution is 2.28. The van der Waals surface area contributed by atoms with Gasteiger partial charge in [-0.25, -0.2) is 0 Å². The van der Waals surface area contributed by atoms with Crippen LogP contribution >= 0.6 is 0 Å². The zero-order valence-electron chi connectivity index (χ0n) is 12.2. The van der Waals surface area contributed by atoms with E-state index in [1.165, 1.54) is 24.2 Å². The van der Waals surface area contributed by atoms with Gasteiger partial charge in [-0.05, 0) is 50.3 Å². The number of nitrogens with zero attached hydrogens (tertiary/aromatic N) is 2. The summed E-state index contributed by atoms with van der Waals surface area (Å²) >= 11 is 0. The average Bonchev–Trinajstić information content (AvgIpc) is 3.22. The van der Waals surface area contributed by atoms with Gasteiger partial charge in [0.15, 0.2) is 0 Å². The van der Waals surface area contributed by atoms with Crippen LogP contribution in [0.1, 0.15) is 56.8 Å². The predicted molar refractivity (Wildman–Crippen MR) is 78.1 cm³/mol. The van der Waals surface area contributed by atoms with Crippen LogP contribution in [0.4, 0.5) is 0 Å². The SMILES string of the molecule is CC(C)c1cccc(CN(CCCCO)C2CC2)n1. The van der Waals surface area contributed by atoms with E-state index in [0.29, 0.717) is 12.5 Å². The lowest BCUT2D eigenvalue weighted by atomic mass is 10.1. The molecule has 1 heterocycles. The van der Waals surface area contributed by atoms with Gasteiger partial charge in [0, 0.05) is 24.9 Å². The van der Waals surface area contributed by atoms with Crippen molar-refractivity contribution in [3.05, 3.63) is 29.6 Å². The maximum atomic E-state index is 8.89. The second kappa shape index (κ2) is 7.01. The molecular weight excluding hydrogens is 236 g/mol. The fourth-order valence-corrected chi connectivity index (χ4v) is 2.37. The van der Waals surface area contributed by atoms with E-state index < -0.39 is 0 Å². The molecule has 1 fully saturated rings. The first-order valence-corrected chi connectivity index (χ1v) is 7.51. The number of rotatable bonds is 8. The van der Waals surface area contributed by atoms with Crippen LogP contribution in [-0.4, -0.2) is 34.2 Å². The van der Waals surface area contributed by atoms with Crippen LogP contribution < -0.4 is 0 Å². The third-order valence-electron chi connectivity index (χ3n) is 3.70. The number of hydrogen-bond acceptors (Lipinski definition) is 3. The quantitative estimate of drug-likeness (QED) is 0.732. The lowest BCUT2D eigenvalue weighted by Gasteiger charge is -2.21. The average molecular weight is 262 g/mol. The van der Waals surface area contributed by atoms with Crippen LogP contribution in [0.15, 0.2) is 18.2 Å². The molecule has 1 aliphatic rings. The van der Waals surface area contributed by atoms with E-state index in [9.17, 15) is 0 Å². The Hall–Kier alpha value is -0.930. The van der Waals surface area contributed by atoms with Gasteiger partial charge >= 0.3 is 0 Å². The molecule has 1 N–H and O–H groups in total. The van der Waals surface area contributed by atoms with Gasteiger partial charge < -0.3 is 5.11 Å². The minimum atomic E-state index is 0.305. The molecule has 0 radical (unpaired) electrons. The normalized spacial score (nSPS) is 15.4. The third-order valence-corrected chi connectivity index (χ3v) is 3.70. The van der Waals surface area contributed by atoms with Crippen molar-refractivity contribution in [1.29, 1.82) is 0 Å². The van der Waals surface area contributed by atoms with Gasteiger partial charge in [-0.1, -0.05) is 19.9 Å². The van der Waals surface area contributed by atoms with Crippen LogP contribution in [0, 0.1) is 0 Å². The fourth-order valence-electron chi connectivity index (χ4n) is 2.37. The summed E-state index contributed by atoms with van der Waals surface area (Å²) in [6, 6.07) is 7.12. The Morgan fingerprint density at radius 1 is 1.32 bits per heavy atom. The van der Waals surface area contributed by atoms with Gasteiger partial charge in [0.05, 0.1) is 5.69 Å². The summed E-state index contributed by atoms with van der Waals surface area (Å²) < 4.78 is 0. The van der Waals surface area contributed by atoms with Crippen LogP contribution in [-0.2, 0) is 6.54 Å². The Balaban J connectivity index is 1.94. The molecule has 3 nitrogen and oxygen atoms in total. The second-order valence-corrected chi connectivity index (χ2v) is 5.84. The van der Waals surface area contributed by atoms with E-state index in [1.54, 1.807) is 0 Å². The van der Waals surface area contributed by atoms with E-state index in [2.05, 4.69) is 36.9 Å². The lowest BCUT2D eigenvalue weighted by molar-refractivity contribution is 0.227. The van der Waals surface area contributed by atoms with Crippen molar-refractivity contribution in [3.8, 4) is 0 Å². The van der Waals surface area contributed by atoms with E-state index in [1.807, 2.05) is 0 Å². The Kier molecular flexibility index (Phi) is 5.34. The number of hydrogen-bond donors (Lipinski definition) is 1. The van der Waals surface area contributed by atoms with Crippen LogP contribution in [0.3, 0.4) is 0 Å². The largest absolute Gasteiger partial charge is 0.396 e. The van der Waals surface area contributed by atoms with Gasteiger partial charge in [-0.2, -0.15) is 0 Å². The Bertz CT molecular complexity index is 388. The summed E-state index contributed by atoms with van der Waals surface area (Å²) in [7, 11) is 0. The summed E-state index contributed by atoms with van der Waals surface area (Å²) in [5, 5.41) is 8.89. The number of aliphatic hydroxyl groups excluding tert-OH is 1. The van der Waals surface area contributed by atoms with Crippen molar-refractivity contribution in [3.63, 3.8) is 0 Å². The standard InChI is InChI=1S/C16H26N2O/c1-13(2)16-7-5-6-14(17-16)12-18(15-8-9-15)10-3-4-11-19/h5-7,13,15,19H,3-4,8-12H2,1-2H3. The van der Waals surface area contributed by atoms with Gasteiger partial charge in [-0.3, -0.25) is 9.88 Å². The lowest BCUT2D eigenvalue weighted by Crippen LogP contribution is -2.27. The minimum Gasteiger partial charge on any atom is -0.396 e. The highest BCUT2D eigenvalue weighted by Gasteiger charge is 2.28. The van der Waals surface area contributed by atoms with E-state index >= 15 is 0 Å². The van der Waals surface area contributed by atoms with E-state index in [0.717, 1.165) is 32.0 Å². The smallest absolute Gasteiger partial charge is 0.0547 e. The van der Waals surface area contributed by atoms with Crippen molar-refractivity contribution >= 4 is 0 Å². The van der Waals surface area contributed by atoms with Crippen LogP contribution in [0.5, 0.6) is 0 Å². The van der Waals surface area contributed by atoms with Crippen LogP contribution in [0.2, 0.25) is 0 Å². The molecular formula is C16H26N2O. The maximum absolute atomic E-state index is 8.89. The molecule has 0 spiro atoms. The topological polar surface area (TPSA) is 36.4 Å². The summed E-state index contributed by atoms with van der Waals surface area (Å²) in [4.78, 5) is 7.29. The molecule has 0 aliphatic heterocycles. The first kappa shape index (κ1) is 14.5. The van der Waals surface area contributed by atoms with E-state index in [-0.39, 0.29) is 0 Å². The van der Waals surface area contributed by atoms with E-state index in [4.69, 9.17) is 10.1 Å². The monoisotopic (exact) mass is 262 g/mol. The number of aromatic nitrogens is 1. The zero-order valence-corrected chi connectivity index (χ0v) is 12.2. The summed E-state index contributed by atoms with van der Waals surface area (Å²) in [6.45, 7) is 6.72. The first-order valence-electron chi connectivity index (χ1n) is 7.51. The Morgan fingerprint density at radius 3 is 2.74 bits per heavy atom. The Labute approximate surface area is 116 Å². The van der Waals surface area contributed by atoms with Crippen molar-refractivity contribution in [1.82, 2.24) is 9.88 Å². The molecule has 0 atom stereocenters. The van der Waals surface area contributed by atoms with Crippen molar-refractivity contribution in [2.45, 2.75) is 58.0 Å². The van der Waals surface area contributed by atoms with Gasteiger partial charge in [0.1, 0.15) is 0 Å². The highest BCUT2D eigenvalue weighted by atomic mass is 16.2. The molecule has 1 aliphatic carbocycles. The predicted octanol–water partition coefficient (Wildman–Crippen LogP) is 2.94. The summed E-state index contributed by atoms with van der Waals surface area (Å²) in [5.74, 6) is 0.490. The molecule has 0 bridgehead atoms. The van der Waals surface area contributed by atoms with Crippen molar-refractivity contribution in [2.75, 3.05) is 13.2 Å². The van der Waals surface area contributed by atoms with Gasteiger partial charge in [0.2, 0.25) is 0 Å².